The molecule has 0 nitrogen and oxygen atoms in total. The summed E-state index contributed by atoms with van der Waals surface area (Å²) in [4.78, 5) is 0. The highest BCUT2D eigenvalue weighted by atomic mass is 19.1. The maximum Gasteiger partial charge on any atom is 0.103 e. The molecule has 56 valence electrons. The number of halogens is 2. The van der Waals surface area contributed by atoms with E-state index >= 15 is 0 Å². The molecule has 0 saturated heterocycles. The van der Waals surface area contributed by atoms with Crippen molar-refractivity contribution in [1.82, 2.24) is 0 Å². The van der Waals surface area contributed by atoms with E-state index in [0.29, 0.717) is 6.42 Å². The molecule has 0 radical (unpaired) electrons. The van der Waals surface area contributed by atoms with Gasteiger partial charge in [-0.25, -0.2) is 4.39 Å². The van der Waals surface area contributed by atoms with Crippen LogP contribution < -0.4 is 0 Å². The van der Waals surface area contributed by atoms with Crippen LogP contribution in [0, 0.1) is 0 Å². The summed E-state index contributed by atoms with van der Waals surface area (Å²) in [7, 11) is 0. The predicted octanol–water partition coefficient (Wildman–Crippen LogP) is 2.87. The highest BCUT2D eigenvalue weighted by Gasteiger charge is 2.03. The van der Waals surface area contributed by atoms with Gasteiger partial charge < -0.3 is 0 Å². The van der Waals surface area contributed by atoms with Crippen molar-refractivity contribution < 1.29 is 8.78 Å². The molecule has 0 rings (SSSR count). The van der Waals surface area contributed by atoms with Crippen molar-refractivity contribution in [3.05, 3.63) is 0 Å². The zero-order valence-electron chi connectivity index (χ0n) is 5.87. The minimum absolute atomic E-state index is 0.0833. The van der Waals surface area contributed by atoms with Crippen LogP contribution in [0.2, 0.25) is 0 Å². The molecule has 0 aromatic carbocycles. The molecule has 2 heteroatoms. The van der Waals surface area contributed by atoms with E-state index in [1.807, 2.05) is 6.92 Å². The summed E-state index contributed by atoms with van der Waals surface area (Å²) < 4.78 is 23.8. The molecule has 0 aliphatic heterocycles. The summed E-state index contributed by atoms with van der Waals surface area (Å²) >= 11 is 0. The predicted molar refractivity (Wildman–Crippen MR) is 35.0 cm³/mol. The Kier molecular flexibility index (Phi) is 5.89. The first-order valence-electron chi connectivity index (χ1n) is 3.51. The maximum absolute atomic E-state index is 12.4. The largest absolute Gasteiger partial charge is 0.251 e. The molecule has 0 heterocycles. The lowest BCUT2D eigenvalue weighted by Crippen LogP contribution is -2.00. The second-order valence-corrected chi connectivity index (χ2v) is 2.22. The topological polar surface area (TPSA) is 0 Å². The maximum atomic E-state index is 12.4. The Morgan fingerprint density at radius 2 is 2.00 bits per heavy atom. The number of rotatable bonds is 5. The molecule has 0 fully saturated rings. The molecule has 0 amide bonds. The van der Waals surface area contributed by atoms with Crippen LogP contribution >= 0.6 is 0 Å². The second kappa shape index (κ2) is 5.99. The summed E-state index contributed by atoms with van der Waals surface area (Å²) in [5.74, 6) is 0. The summed E-state index contributed by atoms with van der Waals surface area (Å²) in [5.41, 5.74) is 0. The van der Waals surface area contributed by atoms with Gasteiger partial charge in [-0.15, -0.1) is 0 Å². The first-order valence-corrected chi connectivity index (χ1v) is 3.51. The first kappa shape index (κ1) is 8.86. The molecule has 0 aliphatic rings. The van der Waals surface area contributed by atoms with Crippen LogP contribution in [-0.2, 0) is 0 Å². The first-order chi connectivity index (χ1) is 4.31. The summed E-state index contributed by atoms with van der Waals surface area (Å²) in [6.07, 6.45) is 1.57. The number of hydrogen-bond acceptors (Lipinski definition) is 0. The lowest BCUT2D eigenvalue weighted by atomic mass is 10.1. The Bertz CT molecular complexity index is 54.9. The van der Waals surface area contributed by atoms with Crippen molar-refractivity contribution in [2.75, 3.05) is 6.67 Å². The van der Waals surface area contributed by atoms with Crippen molar-refractivity contribution in [2.24, 2.45) is 0 Å². The molecule has 0 spiro atoms. The van der Waals surface area contributed by atoms with E-state index in [-0.39, 0.29) is 6.42 Å². The normalized spacial score (nSPS) is 13.7. The highest BCUT2D eigenvalue weighted by molar-refractivity contribution is 4.53. The highest BCUT2D eigenvalue weighted by Crippen LogP contribution is 2.07. The van der Waals surface area contributed by atoms with Gasteiger partial charge in [0.05, 0.1) is 6.67 Å². The van der Waals surface area contributed by atoms with Crippen molar-refractivity contribution in [1.29, 1.82) is 0 Å². The van der Waals surface area contributed by atoms with Gasteiger partial charge >= 0.3 is 0 Å². The van der Waals surface area contributed by atoms with Crippen LogP contribution in [0.15, 0.2) is 0 Å². The Balaban J connectivity index is 2.95. The van der Waals surface area contributed by atoms with Crippen LogP contribution in [0.5, 0.6) is 0 Å². The minimum atomic E-state index is -0.907. The van der Waals surface area contributed by atoms with Crippen molar-refractivity contribution in [3.8, 4) is 0 Å². The summed E-state index contributed by atoms with van der Waals surface area (Å²) in [5, 5.41) is 0. The Labute approximate surface area is 55.3 Å². The minimum Gasteiger partial charge on any atom is -0.251 e. The fourth-order valence-electron chi connectivity index (χ4n) is 0.688. The molecule has 0 bridgehead atoms. The zero-order valence-corrected chi connectivity index (χ0v) is 5.87. The van der Waals surface area contributed by atoms with E-state index in [4.69, 9.17) is 0 Å². The van der Waals surface area contributed by atoms with Crippen LogP contribution in [-0.4, -0.2) is 12.8 Å². The van der Waals surface area contributed by atoms with Crippen LogP contribution in [0.4, 0.5) is 8.78 Å². The van der Waals surface area contributed by atoms with E-state index in [1.54, 1.807) is 0 Å². The molecule has 0 aromatic rings. The molecule has 1 atom stereocenters. The Morgan fingerprint density at radius 3 is 2.44 bits per heavy atom. The van der Waals surface area contributed by atoms with Crippen LogP contribution in [0.3, 0.4) is 0 Å². The monoisotopic (exact) mass is 136 g/mol. The SMILES string of the molecule is CCCCC(F)CCF. The molecule has 9 heavy (non-hydrogen) atoms. The molecule has 0 saturated carbocycles. The van der Waals surface area contributed by atoms with Crippen molar-refractivity contribution in [3.63, 3.8) is 0 Å². The van der Waals surface area contributed by atoms with E-state index in [1.165, 1.54) is 0 Å². The van der Waals surface area contributed by atoms with E-state index < -0.39 is 12.8 Å². The van der Waals surface area contributed by atoms with Crippen molar-refractivity contribution in [2.45, 2.75) is 38.8 Å². The fourth-order valence-corrected chi connectivity index (χ4v) is 0.688. The van der Waals surface area contributed by atoms with Gasteiger partial charge in [0.25, 0.3) is 0 Å². The van der Waals surface area contributed by atoms with Gasteiger partial charge in [0, 0.05) is 6.42 Å². The standard InChI is InChI=1S/C7H14F2/c1-2-3-4-7(9)5-6-8/h7H,2-6H2,1H3. The van der Waals surface area contributed by atoms with Gasteiger partial charge in [0.1, 0.15) is 6.17 Å². The second-order valence-electron chi connectivity index (χ2n) is 2.22. The third-order valence-corrected chi connectivity index (χ3v) is 1.29. The van der Waals surface area contributed by atoms with Gasteiger partial charge in [-0.1, -0.05) is 19.8 Å². The van der Waals surface area contributed by atoms with Crippen LogP contribution in [0.25, 0.3) is 0 Å². The summed E-state index contributed by atoms with van der Waals surface area (Å²) in [6, 6.07) is 0. The number of hydrogen-bond donors (Lipinski definition) is 0. The lowest BCUT2D eigenvalue weighted by Gasteiger charge is -2.02. The van der Waals surface area contributed by atoms with E-state index in [9.17, 15) is 8.78 Å². The molecule has 1 unspecified atom stereocenters. The average Bonchev–Trinajstić information content (AvgIpc) is 1.85. The molecular formula is C7H14F2. The van der Waals surface area contributed by atoms with Gasteiger partial charge in [0.2, 0.25) is 0 Å². The van der Waals surface area contributed by atoms with Gasteiger partial charge in [-0.3, -0.25) is 4.39 Å². The average molecular weight is 136 g/mol. The lowest BCUT2D eigenvalue weighted by molar-refractivity contribution is 0.264. The third kappa shape index (κ3) is 5.74. The number of alkyl halides is 2. The Morgan fingerprint density at radius 1 is 1.33 bits per heavy atom. The molecule has 0 aromatic heterocycles. The molecule has 0 aliphatic carbocycles. The van der Waals surface area contributed by atoms with Crippen molar-refractivity contribution >= 4 is 0 Å². The molecular weight excluding hydrogens is 122 g/mol. The van der Waals surface area contributed by atoms with Gasteiger partial charge in [-0.2, -0.15) is 0 Å². The van der Waals surface area contributed by atoms with Crippen LogP contribution in [0.1, 0.15) is 32.6 Å². The number of unbranched alkanes of at least 4 members (excludes halogenated alkanes) is 1. The van der Waals surface area contributed by atoms with Gasteiger partial charge in [-0.05, 0) is 6.42 Å². The zero-order chi connectivity index (χ0) is 7.11. The Hall–Kier alpha value is -0.140. The third-order valence-electron chi connectivity index (χ3n) is 1.29. The van der Waals surface area contributed by atoms with E-state index in [0.717, 1.165) is 12.8 Å². The smallest absolute Gasteiger partial charge is 0.103 e. The summed E-state index contributed by atoms with van der Waals surface area (Å²) in [6.45, 7) is 1.48. The molecule has 0 N–H and O–H groups in total. The van der Waals surface area contributed by atoms with E-state index in [2.05, 4.69) is 0 Å². The van der Waals surface area contributed by atoms with Gasteiger partial charge in [0.15, 0.2) is 0 Å². The quantitative estimate of drug-likeness (QED) is 0.545. The fraction of sp³-hybridized carbons (Fsp3) is 1.00.